The van der Waals surface area contributed by atoms with Crippen molar-refractivity contribution >= 4 is 11.4 Å². The lowest BCUT2D eigenvalue weighted by atomic mass is 9.46. The fourth-order valence-electron chi connectivity index (χ4n) is 5.71. The van der Waals surface area contributed by atoms with E-state index in [9.17, 15) is 4.79 Å². The molecular formula is C31H24O. The number of hydrogen-bond donors (Lipinski definition) is 0. The number of ketones is 1. The van der Waals surface area contributed by atoms with Crippen LogP contribution in [-0.2, 0) is 0 Å². The van der Waals surface area contributed by atoms with Crippen molar-refractivity contribution in [3.8, 4) is 0 Å². The molecule has 0 bridgehead atoms. The van der Waals surface area contributed by atoms with Gasteiger partial charge < -0.3 is 0 Å². The molecule has 0 spiro atoms. The summed E-state index contributed by atoms with van der Waals surface area (Å²) >= 11 is 0. The number of hydrogen-bond acceptors (Lipinski definition) is 1. The van der Waals surface area contributed by atoms with Crippen molar-refractivity contribution < 1.29 is 4.79 Å². The van der Waals surface area contributed by atoms with Gasteiger partial charge in [0.25, 0.3) is 0 Å². The van der Waals surface area contributed by atoms with E-state index in [4.69, 9.17) is 0 Å². The summed E-state index contributed by atoms with van der Waals surface area (Å²) in [6.45, 7) is 4.75. The highest BCUT2D eigenvalue weighted by molar-refractivity contribution is 6.09. The zero-order valence-corrected chi connectivity index (χ0v) is 18.3. The Hall–Kier alpha value is -3.71. The average molecular weight is 413 g/mol. The lowest BCUT2D eigenvalue weighted by molar-refractivity contribution is 0.103. The molecule has 0 aliphatic heterocycles. The second-order valence-corrected chi connectivity index (χ2v) is 9.28. The van der Waals surface area contributed by atoms with E-state index in [0.29, 0.717) is 5.56 Å². The summed E-state index contributed by atoms with van der Waals surface area (Å²) in [6, 6.07) is 17.5. The quantitative estimate of drug-likeness (QED) is 0.488. The van der Waals surface area contributed by atoms with Crippen molar-refractivity contribution in [3.05, 3.63) is 148 Å². The Morgan fingerprint density at radius 2 is 1.25 bits per heavy atom. The first-order chi connectivity index (χ1) is 15.5. The smallest absolute Gasteiger partial charge is 0.193 e. The molecule has 0 amide bonds. The van der Waals surface area contributed by atoms with E-state index in [2.05, 4.69) is 80.7 Å². The van der Waals surface area contributed by atoms with Gasteiger partial charge in [0.1, 0.15) is 0 Å². The van der Waals surface area contributed by atoms with Crippen LogP contribution in [0.4, 0.5) is 0 Å². The highest BCUT2D eigenvalue weighted by Crippen LogP contribution is 2.65. The maximum absolute atomic E-state index is 12.8. The molecular weight excluding hydrogens is 388 g/mol. The zero-order valence-electron chi connectivity index (χ0n) is 18.3. The Bertz CT molecular complexity index is 1370. The Morgan fingerprint density at radius 3 is 2.03 bits per heavy atom. The zero-order chi connectivity index (χ0) is 21.9. The first-order valence-corrected chi connectivity index (χ1v) is 11.2. The average Bonchev–Trinajstić information content (AvgIpc) is 2.83. The largest absolute Gasteiger partial charge is 0.289 e. The maximum Gasteiger partial charge on any atom is 0.193 e. The van der Waals surface area contributed by atoms with Crippen LogP contribution in [0, 0.1) is 10.8 Å². The van der Waals surface area contributed by atoms with E-state index in [-0.39, 0.29) is 16.6 Å². The van der Waals surface area contributed by atoms with Gasteiger partial charge in [0.2, 0.25) is 0 Å². The van der Waals surface area contributed by atoms with Gasteiger partial charge in [-0.3, -0.25) is 4.79 Å². The number of benzene rings is 2. The molecule has 2 unspecified atom stereocenters. The molecule has 0 fully saturated rings. The summed E-state index contributed by atoms with van der Waals surface area (Å²) in [6.07, 6.45) is 20.4. The van der Waals surface area contributed by atoms with Crippen LogP contribution in [0.1, 0.15) is 35.3 Å². The predicted octanol–water partition coefficient (Wildman–Crippen LogP) is 7.19. The van der Waals surface area contributed by atoms with Gasteiger partial charge in [-0.25, -0.2) is 0 Å². The van der Waals surface area contributed by atoms with Crippen molar-refractivity contribution in [2.45, 2.75) is 13.8 Å². The van der Waals surface area contributed by atoms with Gasteiger partial charge in [0.05, 0.1) is 0 Å². The lowest BCUT2D eigenvalue weighted by Crippen LogP contribution is -2.47. The SMILES string of the molecule is CC12C3=CC=CC1=CC=C1C=C(c4ccc(C(=O)c5ccccc5)cc4)C=C(C=C3)C12C. The van der Waals surface area contributed by atoms with Gasteiger partial charge in [0.15, 0.2) is 5.78 Å². The molecule has 1 nitrogen and oxygen atoms in total. The number of carbonyl (C=O) groups excluding carboxylic acids is 1. The van der Waals surface area contributed by atoms with E-state index in [1.54, 1.807) is 0 Å². The Kier molecular flexibility index (Phi) is 3.95. The van der Waals surface area contributed by atoms with E-state index in [1.165, 1.54) is 27.9 Å². The standard InChI is InChI=1S/C31H24O/c1-30-25-9-6-10-26(30)16-18-28-20-24(19-27(17-15-25)31(28,30)2)21-11-13-23(14-12-21)29(32)22-7-4-3-5-8-22/h3-20H,1-2H3. The third-order valence-electron chi connectivity index (χ3n) is 7.88. The van der Waals surface area contributed by atoms with Crippen molar-refractivity contribution in [3.63, 3.8) is 0 Å². The fourth-order valence-corrected chi connectivity index (χ4v) is 5.71. The van der Waals surface area contributed by atoms with Crippen molar-refractivity contribution in [2.24, 2.45) is 10.8 Å². The summed E-state index contributed by atoms with van der Waals surface area (Å²) in [5.74, 6) is 0.0566. The summed E-state index contributed by atoms with van der Waals surface area (Å²) in [5.41, 5.74) is 9.03. The molecule has 2 atom stereocenters. The van der Waals surface area contributed by atoms with Crippen LogP contribution in [0.3, 0.4) is 0 Å². The maximum atomic E-state index is 12.8. The van der Waals surface area contributed by atoms with Crippen LogP contribution in [0.2, 0.25) is 0 Å². The van der Waals surface area contributed by atoms with Crippen molar-refractivity contribution in [1.82, 2.24) is 0 Å². The topological polar surface area (TPSA) is 17.1 Å². The molecule has 1 heteroatoms. The van der Waals surface area contributed by atoms with Crippen molar-refractivity contribution in [2.75, 3.05) is 0 Å². The van der Waals surface area contributed by atoms with Crippen LogP contribution in [0.5, 0.6) is 0 Å². The molecule has 154 valence electrons. The second-order valence-electron chi connectivity index (χ2n) is 9.28. The molecule has 0 saturated carbocycles. The molecule has 32 heavy (non-hydrogen) atoms. The minimum atomic E-state index is -0.0882. The molecule has 0 aromatic heterocycles. The highest BCUT2D eigenvalue weighted by atomic mass is 16.1. The number of allylic oxidation sites excluding steroid dienone is 14. The normalized spacial score (nSPS) is 26.9. The van der Waals surface area contributed by atoms with Gasteiger partial charge >= 0.3 is 0 Å². The van der Waals surface area contributed by atoms with Gasteiger partial charge in [0, 0.05) is 22.0 Å². The highest BCUT2D eigenvalue weighted by Gasteiger charge is 2.55. The number of carbonyl (C=O) groups is 1. The minimum Gasteiger partial charge on any atom is -0.289 e. The summed E-state index contributed by atoms with van der Waals surface area (Å²) in [4.78, 5) is 12.8. The van der Waals surface area contributed by atoms with Crippen LogP contribution in [0.15, 0.2) is 132 Å². The minimum absolute atomic E-state index is 0.0552. The molecule has 0 radical (unpaired) electrons. The van der Waals surface area contributed by atoms with Crippen LogP contribution in [-0.4, -0.2) is 5.78 Å². The van der Waals surface area contributed by atoms with Gasteiger partial charge in [-0.2, -0.15) is 0 Å². The number of rotatable bonds is 3. The van der Waals surface area contributed by atoms with E-state index in [1.807, 2.05) is 42.5 Å². The summed E-state index contributed by atoms with van der Waals surface area (Å²) < 4.78 is 0. The van der Waals surface area contributed by atoms with Crippen LogP contribution >= 0.6 is 0 Å². The van der Waals surface area contributed by atoms with Gasteiger partial charge in [-0.1, -0.05) is 123 Å². The molecule has 0 saturated heterocycles. The van der Waals surface area contributed by atoms with Crippen LogP contribution in [0.25, 0.3) is 5.57 Å². The lowest BCUT2D eigenvalue weighted by Gasteiger charge is -2.56. The second kappa shape index (κ2) is 6.64. The Morgan fingerprint density at radius 1 is 0.625 bits per heavy atom. The third kappa shape index (κ3) is 2.42. The van der Waals surface area contributed by atoms with Crippen molar-refractivity contribution in [1.29, 1.82) is 0 Å². The molecule has 2 aromatic rings. The molecule has 2 aromatic carbocycles. The van der Waals surface area contributed by atoms with Crippen LogP contribution < -0.4 is 0 Å². The molecule has 4 aliphatic carbocycles. The molecule has 6 rings (SSSR count). The summed E-state index contributed by atoms with van der Waals surface area (Å²) in [7, 11) is 0. The third-order valence-corrected chi connectivity index (χ3v) is 7.88. The monoisotopic (exact) mass is 412 g/mol. The molecule has 4 aliphatic rings. The first-order valence-electron chi connectivity index (χ1n) is 11.2. The predicted molar refractivity (Wildman–Crippen MR) is 131 cm³/mol. The fraction of sp³-hybridized carbons (Fsp3) is 0.129. The van der Waals surface area contributed by atoms with E-state index in [0.717, 1.165) is 11.1 Å². The summed E-state index contributed by atoms with van der Waals surface area (Å²) in [5, 5.41) is 0. The van der Waals surface area contributed by atoms with Gasteiger partial charge in [-0.05, 0) is 33.4 Å². The Balaban J connectivity index is 1.41. The molecule has 0 heterocycles. The first kappa shape index (κ1) is 19.0. The van der Waals surface area contributed by atoms with E-state index < -0.39 is 0 Å². The Labute approximate surface area is 189 Å². The van der Waals surface area contributed by atoms with E-state index >= 15 is 0 Å². The van der Waals surface area contributed by atoms with Gasteiger partial charge in [-0.15, -0.1) is 0 Å². The molecule has 0 N–H and O–H groups in total.